The minimum absolute atomic E-state index is 0.0656. The van der Waals surface area contributed by atoms with E-state index in [0.717, 1.165) is 34.4 Å². The van der Waals surface area contributed by atoms with Gasteiger partial charge in [0.15, 0.2) is 11.5 Å². The molecule has 0 fully saturated rings. The van der Waals surface area contributed by atoms with E-state index in [4.69, 9.17) is 14.2 Å². The van der Waals surface area contributed by atoms with Crippen LogP contribution in [0.25, 0.3) is 11.3 Å². The van der Waals surface area contributed by atoms with Gasteiger partial charge in [-0.15, -0.1) is 0 Å². The maximum atomic E-state index is 13.5. The molecule has 1 aliphatic rings. The molecule has 1 aliphatic heterocycles. The van der Waals surface area contributed by atoms with Gasteiger partial charge in [-0.2, -0.15) is 5.10 Å². The fraction of sp³-hybridized carbons (Fsp3) is 0.241. The number of nitrogens with one attached hydrogen (secondary N) is 1. The van der Waals surface area contributed by atoms with Crippen LogP contribution in [0.5, 0.6) is 11.5 Å². The van der Waals surface area contributed by atoms with Gasteiger partial charge in [0.05, 0.1) is 18.8 Å². The number of ether oxygens (including phenoxy) is 3. The van der Waals surface area contributed by atoms with E-state index in [0.29, 0.717) is 37.0 Å². The summed E-state index contributed by atoms with van der Waals surface area (Å²) in [6.45, 7) is 1.57. The minimum atomic E-state index is -0.310. The fourth-order valence-corrected chi connectivity index (χ4v) is 4.68. The Hall–Kier alpha value is -4.10. The molecule has 5 rings (SSSR count). The Morgan fingerprint density at radius 3 is 2.42 bits per heavy atom. The summed E-state index contributed by atoms with van der Waals surface area (Å²) in [5.41, 5.74) is 5.15. The summed E-state index contributed by atoms with van der Waals surface area (Å²) in [6.07, 6.45) is 0.729. The van der Waals surface area contributed by atoms with Gasteiger partial charge in [-0.3, -0.25) is 9.89 Å². The van der Waals surface area contributed by atoms with Crippen molar-refractivity contribution in [1.29, 1.82) is 0 Å². The molecular weight excluding hydrogens is 454 g/mol. The van der Waals surface area contributed by atoms with Crippen molar-refractivity contribution in [2.24, 2.45) is 0 Å². The van der Waals surface area contributed by atoms with Crippen molar-refractivity contribution < 1.29 is 19.0 Å². The first-order valence-corrected chi connectivity index (χ1v) is 12.0. The van der Waals surface area contributed by atoms with Crippen molar-refractivity contribution in [2.75, 3.05) is 27.4 Å². The summed E-state index contributed by atoms with van der Waals surface area (Å²) in [5, 5.41) is 7.54. The monoisotopic (exact) mass is 483 g/mol. The van der Waals surface area contributed by atoms with Gasteiger partial charge in [-0.05, 0) is 29.7 Å². The number of hydrogen-bond acceptors (Lipinski definition) is 5. The third-order valence-corrected chi connectivity index (χ3v) is 6.40. The predicted molar refractivity (Wildman–Crippen MR) is 137 cm³/mol. The molecule has 0 saturated carbocycles. The summed E-state index contributed by atoms with van der Waals surface area (Å²) in [5.74, 6) is 1.20. The topological polar surface area (TPSA) is 76.7 Å². The summed E-state index contributed by atoms with van der Waals surface area (Å²) in [7, 11) is 3.30. The number of rotatable bonds is 10. The number of fused-ring (bicyclic) bond motifs is 1. The zero-order chi connectivity index (χ0) is 24.9. The number of aromatic nitrogens is 2. The lowest BCUT2D eigenvalue weighted by Crippen LogP contribution is -2.31. The molecular formula is C29H29N3O4. The van der Waals surface area contributed by atoms with Crippen LogP contribution >= 0.6 is 0 Å². The number of nitrogens with zero attached hydrogens (tertiary/aromatic N) is 2. The van der Waals surface area contributed by atoms with Crippen molar-refractivity contribution in [3.63, 3.8) is 0 Å². The molecule has 0 spiro atoms. The molecule has 1 atom stereocenters. The Morgan fingerprint density at radius 1 is 0.944 bits per heavy atom. The van der Waals surface area contributed by atoms with Crippen LogP contribution in [0, 0.1) is 0 Å². The van der Waals surface area contributed by atoms with Crippen LogP contribution in [-0.2, 0) is 11.3 Å². The van der Waals surface area contributed by atoms with Crippen LogP contribution in [0.15, 0.2) is 78.9 Å². The van der Waals surface area contributed by atoms with Crippen molar-refractivity contribution >= 4 is 5.91 Å². The molecule has 1 N–H and O–H groups in total. The van der Waals surface area contributed by atoms with Crippen molar-refractivity contribution in [3.05, 3.63) is 101 Å². The minimum Gasteiger partial charge on any atom is -0.493 e. The van der Waals surface area contributed by atoms with Crippen LogP contribution in [0.4, 0.5) is 0 Å². The highest BCUT2D eigenvalue weighted by atomic mass is 16.5. The van der Waals surface area contributed by atoms with Gasteiger partial charge in [0.25, 0.3) is 5.91 Å². The zero-order valence-corrected chi connectivity index (χ0v) is 20.4. The Labute approximate surface area is 210 Å². The number of methoxy groups -OCH3 is 2. The van der Waals surface area contributed by atoms with Crippen LogP contribution in [0.1, 0.15) is 39.6 Å². The normalized spacial score (nSPS) is 14.7. The Kier molecular flexibility index (Phi) is 7.00. The van der Waals surface area contributed by atoms with Crippen LogP contribution in [0.3, 0.4) is 0 Å². The highest BCUT2D eigenvalue weighted by Crippen LogP contribution is 2.44. The maximum absolute atomic E-state index is 13.5. The molecule has 0 bridgehead atoms. The van der Waals surface area contributed by atoms with Crippen molar-refractivity contribution in [2.45, 2.75) is 19.1 Å². The predicted octanol–water partition coefficient (Wildman–Crippen LogP) is 5.25. The molecule has 3 aromatic carbocycles. The number of hydrogen-bond donors (Lipinski definition) is 1. The molecule has 4 aromatic rings. The molecule has 0 aliphatic carbocycles. The smallest absolute Gasteiger partial charge is 0.273 e. The Bertz CT molecular complexity index is 1320. The third kappa shape index (κ3) is 4.57. The molecule has 0 radical (unpaired) electrons. The molecule has 1 unspecified atom stereocenters. The van der Waals surface area contributed by atoms with Crippen molar-refractivity contribution in [1.82, 2.24) is 15.1 Å². The second-order valence-electron chi connectivity index (χ2n) is 8.66. The standard InChI is InChI=1S/C29H29N3O4/c1-34-17-9-16-32-28(25-26(21-12-7-4-8-13-21)30-31-27(25)29(32)33)22-14-15-23(24(18-22)35-2)36-19-20-10-5-3-6-11-20/h3-8,10-15,18,28H,9,16-17,19H2,1-2H3,(H,30,31). The highest BCUT2D eigenvalue weighted by molar-refractivity contribution is 6.00. The second kappa shape index (κ2) is 10.7. The number of H-pyrrole nitrogens is 1. The summed E-state index contributed by atoms with van der Waals surface area (Å²) >= 11 is 0. The first kappa shape index (κ1) is 23.6. The van der Waals surface area contributed by atoms with Gasteiger partial charge in [0.2, 0.25) is 0 Å². The number of aromatic amines is 1. The van der Waals surface area contributed by atoms with E-state index < -0.39 is 0 Å². The largest absolute Gasteiger partial charge is 0.493 e. The molecule has 1 aromatic heterocycles. The summed E-state index contributed by atoms with van der Waals surface area (Å²) < 4.78 is 17.0. The van der Waals surface area contributed by atoms with E-state index >= 15 is 0 Å². The molecule has 36 heavy (non-hydrogen) atoms. The lowest BCUT2D eigenvalue weighted by molar-refractivity contribution is 0.0723. The summed E-state index contributed by atoms with van der Waals surface area (Å²) in [4.78, 5) is 15.3. The number of benzene rings is 3. The van der Waals surface area contributed by atoms with Crippen LogP contribution in [0.2, 0.25) is 0 Å². The second-order valence-corrected chi connectivity index (χ2v) is 8.66. The molecule has 2 heterocycles. The van der Waals surface area contributed by atoms with E-state index in [9.17, 15) is 4.79 Å². The number of carbonyl (C=O) groups is 1. The highest BCUT2D eigenvalue weighted by Gasteiger charge is 2.42. The first-order chi connectivity index (χ1) is 17.7. The quantitative estimate of drug-likeness (QED) is 0.312. The number of carbonyl (C=O) groups excluding carboxylic acids is 1. The van der Waals surface area contributed by atoms with Gasteiger partial charge in [0.1, 0.15) is 12.3 Å². The van der Waals surface area contributed by atoms with Crippen molar-refractivity contribution in [3.8, 4) is 22.8 Å². The molecule has 1 amide bonds. The van der Waals surface area contributed by atoms with E-state index in [1.807, 2.05) is 83.8 Å². The molecule has 184 valence electrons. The maximum Gasteiger partial charge on any atom is 0.273 e. The fourth-order valence-electron chi connectivity index (χ4n) is 4.68. The van der Waals surface area contributed by atoms with E-state index in [1.54, 1.807) is 14.2 Å². The third-order valence-electron chi connectivity index (χ3n) is 6.40. The van der Waals surface area contributed by atoms with Crippen LogP contribution < -0.4 is 9.47 Å². The van der Waals surface area contributed by atoms with Crippen LogP contribution in [-0.4, -0.2) is 48.4 Å². The van der Waals surface area contributed by atoms with Gasteiger partial charge >= 0.3 is 0 Å². The summed E-state index contributed by atoms with van der Waals surface area (Å²) in [6, 6.07) is 25.5. The average Bonchev–Trinajstić information content (AvgIpc) is 3.47. The molecule has 0 saturated heterocycles. The lowest BCUT2D eigenvalue weighted by Gasteiger charge is -2.27. The molecule has 7 heteroatoms. The zero-order valence-electron chi connectivity index (χ0n) is 20.4. The lowest BCUT2D eigenvalue weighted by atomic mass is 9.95. The van der Waals surface area contributed by atoms with Gasteiger partial charge < -0.3 is 19.1 Å². The SMILES string of the molecule is COCCCN1C(=O)c2[nH]nc(-c3ccccc3)c2C1c1ccc(OCc2ccccc2)c(OC)c1. The van der Waals surface area contributed by atoms with Gasteiger partial charge in [0, 0.05) is 31.4 Å². The number of amides is 1. The van der Waals surface area contributed by atoms with E-state index in [2.05, 4.69) is 10.2 Å². The average molecular weight is 484 g/mol. The molecule has 7 nitrogen and oxygen atoms in total. The van der Waals surface area contributed by atoms with E-state index in [1.165, 1.54) is 0 Å². The van der Waals surface area contributed by atoms with Gasteiger partial charge in [-0.25, -0.2) is 0 Å². The van der Waals surface area contributed by atoms with Gasteiger partial charge in [-0.1, -0.05) is 66.7 Å². The Balaban J connectivity index is 1.52. The Morgan fingerprint density at radius 2 is 1.69 bits per heavy atom. The first-order valence-electron chi connectivity index (χ1n) is 12.0. The van der Waals surface area contributed by atoms with E-state index in [-0.39, 0.29) is 11.9 Å².